The van der Waals surface area contributed by atoms with Crippen LogP contribution in [0.4, 0.5) is 5.69 Å². The molecule has 1 amide bonds. The van der Waals surface area contributed by atoms with Gasteiger partial charge in [-0.25, -0.2) is 0 Å². The summed E-state index contributed by atoms with van der Waals surface area (Å²) in [6, 6.07) is 7.23. The van der Waals surface area contributed by atoms with Gasteiger partial charge in [0.2, 0.25) is 5.91 Å². The van der Waals surface area contributed by atoms with Crippen LogP contribution in [0.25, 0.3) is 0 Å². The number of aromatic hydroxyl groups is 1. The summed E-state index contributed by atoms with van der Waals surface area (Å²) in [5.74, 6) is 0.732. The Morgan fingerprint density at radius 3 is 2.84 bits per heavy atom. The second kappa shape index (κ2) is 5.21. The van der Waals surface area contributed by atoms with Crippen LogP contribution in [0.1, 0.15) is 32.1 Å². The van der Waals surface area contributed by atoms with Gasteiger partial charge in [0.1, 0.15) is 5.75 Å². The third-order valence-electron chi connectivity index (χ3n) is 4.34. The van der Waals surface area contributed by atoms with Gasteiger partial charge in [0.15, 0.2) is 0 Å². The molecule has 3 N–H and O–H groups in total. The number of phenolic OH excluding ortho intramolecular Hbond substituents is 1. The summed E-state index contributed by atoms with van der Waals surface area (Å²) in [5.41, 5.74) is 0.490. The largest absolute Gasteiger partial charge is 0.506 e. The minimum atomic E-state index is -0.118. The van der Waals surface area contributed by atoms with E-state index in [2.05, 4.69) is 10.6 Å². The smallest absolute Gasteiger partial charge is 0.241 e. The minimum absolute atomic E-state index is 0.0316. The molecule has 0 spiro atoms. The highest BCUT2D eigenvalue weighted by Gasteiger charge is 2.38. The number of phenols is 1. The van der Waals surface area contributed by atoms with Crippen LogP contribution in [0.5, 0.6) is 5.75 Å². The molecule has 3 rings (SSSR count). The van der Waals surface area contributed by atoms with Gasteiger partial charge in [-0.15, -0.1) is 0 Å². The average molecular weight is 260 g/mol. The van der Waals surface area contributed by atoms with Gasteiger partial charge in [0.25, 0.3) is 0 Å². The van der Waals surface area contributed by atoms with Gasteiger partial charge in [-0.3, -0.25) is 4.79 Å². The fourth-order valence-corrected chi connectivity index (χ4v) is 3.32. The number of carbonyl (C=O) groups excluding carboxylic acids is 1. The molecule has 3 atom stereocenters. The molecule has 1 aliphatic carbocycles. The van der Waals surface area contributed by atoms with Gasteiger partial charge in [0.05, 0.1) is 11.7 Å². The summed E-state index contributed by atoms with van der Waals surface area (Å²) in [6.45, 7) is 0. The Hall–Kier alpha value is -1.55. The lowest BCUT2D eigenvalue weighted by Crippen LogP contribution is -2.39. The van der Waals surface area contributed by atoms with E-state index in [4.69, 9.17) is 0 Å². The summed E-state index contributed by atoms with van der Waals surface area (Å²) in [4.78, 5) is 12.2. The van der Waals surface area contributed by atoms with Crippen molar-refractivity contribution in [1.29, 1.82) is 0 Å². The van der Waals surface area contributed by atoms with Crippen LogP contribution in [0, 0.1) is 5.92 Å². The van der Waals surface area contributed by atoms with Crippen LogP contribution in [-0.4, -0.2) is 23.1 Å². The highest BCUT2D eigenvalue weighted by molar-refractivity contribution is 5.96. The first kappa shape index (κ1) is 12.5. The number of hydrogen-bond donors (Lipinski definition) is 3. The van der Waals surface area contributed by atoms with E-state index in [-0.39, 0.29) is 17.7 Å². The lowest BCUT2D eigenvalue weighted by Gasteiger charge is -2.24. The number of fused-ring (bicyclic) bond motifs is 1. The van der Waals surface area contributed by atoms with Gasteiger partial charge in [0, 0.05) is 6.04 Å². The van der Waals surface area contributed by atoms with Crippen LogP contribution in [0.15, 0.2) is 24.3 Å². The molecule has 1 aliphatic heterocycles. The molecule has 2 aliphatic rings. The molecule has 4 nitrogen and oxygen atoms in total. The summed E-state index contributed by atoms with van der Waals surface area (Å²) < 4.78 is 0. The van der Waals surface area contributed by atoms with E-state index in [1.165, 1.54) is 25.7 Å². The Bertz CT molecular complexity index is 461. The lowest BCUT2D eigenvalue weighted by molar-refractivity contribution is -0.117. The quantitative estimate of drug-likeness (QED) is 0.715. The highest BCUT2D eigenvalue weighted by atomic mass is 16.3. The van der Waals surface area contributed by atoms with E-state index >= 15 is 0 Å². The van der Waals surface area contributed by atoms with E-state index < -0.39 is 0 Å². The highest BCUT2D eigenvalue weighted by Crippen LogP contribution is 2.33. The zero-order valence-electron chi connectivity index (χ0n) is 10.9. The fraction of sp³-hybridized carbons (Fsp3) is 0.533. The Labute approximate surface area is 113 Å². The number of amides is 1. The van der Waals surface area contributed by atoms with Crippen LogP contribution >= 0.6 is 0 Å². The first-order valence-electron chi connectivity index (χ1n) is 7.09. The standard InChI is InChI=1S/C15H20N2O2/c18-14-8-4-3-7-12(14)17-15(19)13-9-10-5-1-2-6-11(10)16-13/h3-4,7-8,10-11,13,16,18H,1-2,5-6,9H2,(H,17,19)/t10-,11-,13+/m0/s1. The molecule has 0 unspecified atom stereocenters. The zero-order valence-corrected chi connectivity index (χ0v) is 10.9. The van der Waals surface area contributed by atoms with E-state index in [9.17, 15) is 9.90 Å². The molecular formula is C15H20N2O2. The molecule has 2 fully saturated rings. The second-order valence-electron chi connectivity index (χ2n) is 5.61. The molecule has 1 heterocycles. The number of rotatable bonds is 2. The van der Waals surface area contributed by atoms with Crippen molar-refractivity contribution < 1.29 is 9.90 Å². The molecule has 4 heteroatoms. The number of carbonyl (C=O) groups is 1. The van der Waals surface area contributed by atoms with Crippen LogP contribution in [-0.2, 0) is 4.79 Å². The van der Waals surface area contributed by atoms with Gasteiger partial charge in [-0.1, -0.05) is 25.0 Å². The Kier molecular flexibility index (Phi) is 3.42. The third-order valence-corrected chi connectivity index (χ3v) is 4.34. The molecule has 102 valence electrons. The second-order valence-corrected chi connectivity index (χ2v) is 5.61. The van der Waals surface area contributed by atoms with Gasteiger partial charge in [-0.2, -0.15) is 0 Å². The first-order valence-corrected chi connectivity index (χ1v) is 7.09. The first-order chi connectivity index (χ1) is 9.24. The van der Waals surface area contributed by atoms with Crippen molar-refractivity contribution in [2.75, 3.05) is 5.32 Å². The van der Waals surface area contributed by atoms with Crippen LogP contribution < -0.4 is 10.6 Å². The Morgan fingerprint density at radius 1 is 1.26 bits per heavy atom. The van der Waals surface area contributed by atoms with Crippen molar-refractivity contribution in [3.8, 4) is 5.75 Å². The Balaban J connectivity index is 1.64. The van der Waals surface area contributed by atoms with Gasteiger partial charge >= 0.3 is 0 Å². The molecule has 1 aromatic rings. The normalized spacial score (nSPS) is 29.8. The lowest BCUT2D eigenvalue weighted by atomic mass is 9.85. The third kappa shape index (κ3) is 2.59. The van der Waals surface area contributed by atoms with Gasteiger partial charge < -0.3 is 15.7 Å². The number of anilines is 1. The zero-order chi connectivity index (χ0) is 13.2. The number of hydrogen-bond acceptors (Lipinski definition) is 3. The van der Waals surface area contributed by atoms with Crippen molar-refractivity contribution in [1.82, 2.24) is 5.32 Å². The summed E-state index contributed by atoms with van der Waals surface area (Å²) in [5, 5.41) is 15.9. The van der Waals surface area contributed by atoms with E-state index in [0.29, 0.717) is 17.6 Å². The van der Waals surface area contributed by atoms with Crippen molar-refractivity contribution in [3.63, 3.8) is 0 Å². The monoisotopic (exact) mass is 260 g/mol. The summed E-state index contributed by atoms with van der Waals surface area (Å²) >= 11 is 0. The predicted molar refractivity (Wildman–Crippen MR) is 74.0 cm³/mol. The van der Waals surface area contributed by atoms with Crippen molar-refractivity contribution >= 4 is 11.6 Å². The predicted octanol–water partition coefficient (Wildman–Crippen LogP) is 2.25. The molecule has 1 aromatic carbocycles. The van der Waals surface area contributed by atoms with Crippen molar-refractivity contribution in [3.05, 3.63) is 24.3 Å². The molecule has 0 radical (unpaired) electrons. The molecule has 1 saturated heterocycles. The van der Waals surface area contributed by atoms with E-state index in [1.54, 1.807) is 24.3 Å². The molecule has 19 heavy (non-hydrogen) atoms. The van der Waals surface area contributed by atoms with Crippen molar-refractivity contribution in [2.24, 2.45) is 5.92 Å². The molecule has 0 aromatic heterocycles. The van der Waals surface area contributed by atoms with Gasteiger partial charge in [-0.05, 0) is 37.3 Å². The molecule has 1 saturated carbocycles. The van der Waals surface area contributed by atoms with Crippen molar-refractivity contribution in [2.45, 2.75) is 44.2 Å². The SMILES string of the molecule is O=C(Nc1ccccc1O)[C@H]1C[C@@H]2CCCC[C@@H]2N1. The maximum atomic E-state index is 12.2. The minimum Gasteiger partial charge on any atom is -0.506 e. The van der Waals surface area contributed by atoms with E-state index in [0.717, 1.165) is 6.42 Å². The number of nitrogens with one attached hydrogen (secondary N) is 2. The van der Waals surface area contributed by atoms with Crippen LogP contribution in [0.2, 0.25) is 0 Å². The maximum absolute atomic E-state index is 12.2. The summed E-state index contributed by atoms with van der Waals surface area (Å²) in [7, 11) is 0. The fourth-order valence-electron chi connectivity index (χ4n) is 3.32. The number of para-hydroxylation sites is 2. The summed E-state index contributed by atoms with van der Waals surface area (Å²) in [6.07, 6.45) is 5.89. The average Bonchev–Trinajstić information content (AvgIpc) is 2.85. The molecular weight excluding hydrogens is 240 g/mol. The van der Waals surface area contributed by atoms with E-state index in [1.807, 2.05) is 0 Å². The van der Waals surface area contributed by atoms with Crippen LogP contribution in [0.3, 0.4) is 0 Å². The Morgan fingerprint density at radius 2 is 2.05 bits per heavy atom. The molecule has 0 bridgehead atoms. The topological polar surface area (TPSA) is 61.4 Å². The maximum Gasteiger partial charge on any atom is 0.241 e. The number of benzene rings is 1.